The molecule has 0 saturated heterocycles. The van der Waals surface area contributed by atoms with Crippen molar-refractivity contribution in [2.75, 3.05) is 7.11 Å². The van der Waals surface area contributed by atoms with Gasteiger partial charge in [-0.2, -0.15) is 5.26 Å². The molecule has 9 heteroatoms. The largest absolute Gasteiger partial charge is 0.496 e. The fourth-order valence-electron chi connectivity index (χ4n) is 4.52. The van der Waals surface area contributed by atoms with Crippen molar-refractivity contribution in [1.82, 2.24) is 19.9 Å². The number of aromatic amines is 2. The van der Waals surface area contributed by atoms with Gasteiger partial charge in [0.15, 0.2) is 5.78 Å². The van der Waals surface area contributed by atoms with Gasteiger partial charge in [-0.15, -0.1) is 0 Å². The molecule has 0 bridgehead atoms. The number of amides is 1. The standard InChI is InChI=1S/C27H29N5O4/c1-16(2)11-17(12-24(33)22-13-19-20(30-22)8-6-10-25(19)36-3)26(34)29-18(14-28)15-32-23-9-5-4-7-21(23)31-27(32)35/h4-10,13,16-18,30H,11-12,15H2,1-3H3,(H,29,34)(H,31,35). The number of ketones is 1. The number of imidazole rings is 1. The van der Waals surface area contributed by atoms with Gasteiger partial charge in [0.05, 0.1) is 36.5 Å². The predicted octanol–water partition coefficient (Wildman–Crippen LogP) is 3.76. The molecule has 0 aliphatic heterocycles. The van der Waals surface area contributed by atoms with Gasteiger partial charge in [-0.1, -0.05) is 32.0 Å². The van der Waals surface area contributed by atoms with Crippen LogP contribution >= 0.6 is 0 Å². The van der Waals surface area contributed by atoms with E-state index in [1.54, 1.807) is 31.4 Å². The molecule has 0 saturated carbocycles. The third-order valence-electron chi connectivity index (χ3n) is 6.22. The second-order valence-electron chi connectivity index (χ2n) is 9.31. The first-order chi connectivity index (χ1) is 17.3. The van der Waals surface area contributed by atoms with Crippen LogP contribution in [0.15, 0.2) is 53.3 Å². The molecule has 186 valence electrons. The Balaban J connectivity index is 1.51. The number of carbonyl (C=O) groups is 2. The van der Waals surface area contributed by atoms with Crippen molar-refractivity contribution in [1.29, 1.82) is 5.26 Å². The van der Waals surface area contributed by atoms with Gasteiger partial charge in [0, 0.05) is 23.2 Å². The summed E-state index contributed by atoms with van der Waals surface area (Å²) in [5.41, 5.74) is 2.13. The summed E-state index contributed by atoms with van der Waals surface area (Å²) in [6, 6.07) is 15.6. The SMILES string of the molecule is COc1cccc2[nH]c(C(=O)CC(CC(C)C)C(=O)NC(C#N)Cn3c(=O)[nH]c4ccccc43)cc12. The number of fused-ring (bicyclic) bond motifs is 2. The number of aromatic nitrogens is 3. The first kappa shape index (κ1) is 24.8. The quantitative estimate of drug-likeness (QED) is 0.293. The van der Waals surface area contributed by atoms with E-state index in [9.17, 15) is 19.6 Å². The van der Waals surface area contributed by atoms with Gasteiger partial charge in [0.1, 0.15) is 11.8 Å². The predicted molar refractivity (Wildman–Crippen MR) is 137 cm³/mol. The zero-order valence-electron chi connectivity index (χ0n) is 20.5. The minimum Gasteiger partial charge on any atom is -0.496 e. The summed E-state index contributed by atoms with van der Waals surface area (Å²) in [5, 5.41) is 13.3. The lowest BCUT2D eigenvalue weighted by atomic mass is 9.90. The van der Waals surface area contributed by atoms with Crippen LogP contribution in [0, 0.1) is 23.2 Å². The first-order valence-electron chi connectivity index (χ1n) is 11.9. The average Bonchev–Trinajstić information content (AvgIpc) is 3.43. The van der Waals surface area contributed by atoms with Crippen molar-refractivity contribution in [2.24, 2.45) is 11.8 Å². The van der Waals surface area contributed by atoms with Gasteiger partial charge in [-0.05, 0) is 42.7 Å². The molecule has 36 heavy (non-hydrogen) atoms. The molecule has 0 radical (unpaired) electrons. The molecule has 4 rings (SSSR count). The third kappa shape index (κ3) is 5.18. The molecule has 0 aliphatic carbocycles. The van der Waals surface area contributed by atoms with Crippen LogP contribution in [0.4, 0.5) is 0 Å². The topological polar surface area (TPSA) is 133 Å². The highest BCUT2D eigenvalue weighted by atomic mass is 16.5. The van der Waals surface area contributed by atoms with E-state index in [4.69, 9.17) is 4.74 Å². The van der Waals surface area contributed by atoms with Crippen molar-refractivity contribution in [3.63, 3.8) is 0 Å². The van der Waals surface area contributed by atoms with E-state index in [1.165, 1.54) is 4.57 Å². The Morgan fingerprint density at radius 1 is 1.11 bits per heavy atom. The van der Waals surface area contributed by atoms with Gasteiger partial charge in [-0.3, -0.25) is 14.2 Å². The number of para-hydroxylation sites is 2. The van der Waals surface area contributed by atoms with E-state index in [0.717, 1.165) is 10.9 Å². The van der Waals surface area contributed by atoms with Crippen molar-refractivity contribution < 1.29 is 14.3 Å². The fourth-order valence-corrected chi connectivity index (χ4v) is 4.52. The second-order valence-corrected chi connectivity index (χ2v) is 9.31. The molecule has 2 unspecified atom stereocenters. The van der Waals surface area contributed by atoms with Gasteiger partial charge < -0.3 is 20.0 Å². The normalized spacial score (nSPS) is 13.0. The Kier molecular flexibility index (Phi) is 7.25. The molecule has 3 N–H and O–H groups in total. The summed E-state index contributed by atoms with van der Waals surface area (Å²) >= 11 is 0. The van der Waals surface area contributed by atoms with Gasteiger partial charge in [0.2, 0.25) is 5.91 Å². The number of methoxy groups -OCH3 is 1. The van der Waals surface area contributed by atoms with Crippen LogP contribution in [-0.4, -0.2) is 39.4 Å². The lowest BCUT2D eigenvalue weighted by Crippen LogP contribution is -2.42. The van der Waals surface area contributed by atoms with Crippen molar-refractivity contribution >= 4 is 33.6 Å². The number of nitrogens with one attached hydrogen (secondary N) is 3. The average molecular weight is 488 g/mol. The van der Waals surface area contributed by atoms with E-state index in [1.807, 2.05) is 38.1 Å². The summed E-state index contributed by atoms with van der Waals surface area (Å²) in [7, 11) is 1.57. The Morgan fingerprint density at radius 3 is 2.58 bits per heavy atom. The number of nitrogens with zero attached hydrogens (tertiary/aromatic N) is 2. The summed E-state index contributed by atoms with van der Waals surface area (Å²) in [6.45, 7) is 3.95. The molecule has 4 aromatic rings. The van der Waals surface area contributed by atoms with Crippen molar-refractivity contribution in [3.8, 4) is 11.8 Å². The van der Waals surface area contributed by atoms with Gasteiger partial charge in [-0.25, -0.2) is 4.79 Å². The van der Waals surface area contributed by atoms with Crippen LogP contribution in [0.5, 0.6) is 5.75 Å². The van der Waals surface area contributed by atoms with Crippen LogP contribution in [0.3, 0.4) is 0 Å². The highest BCUT2D eigenvalue weighted by Gasteiger charge is 2.27. The van der Waals surface area contributed by atoms with E-state index >= 15 is 0 Å². The molecule has 9 nitrogen and oxygen atoms in total. The zero-order valence-corrected chi connectivity index (χ0v) is 20.5. The summed E-state index contributed by atoms with van der Waals surface area (Å²) in [4.78, 5) is 44.6. The molecular weight excluding hydrogens is 458 g/mol. The van der Waals surface area contributed by atoms with Crippen LogP contribution < -0.4 is 15.7 Å². The Labute approximate surface area is 208 Å². The number of hydrogen-bond donors (Lipinski definition) is 3. The first-order valence-corrected chi connectivity index (χ1v) is 11.9. The Bertz CT molecular complexity index is 1500. The Morgan fingerprint density at radius 2 is 1.86 bits per heavy atom. The number of hydrogen-bond acceptors (Lipinski definition) is 5. The molecule has 2 aromatic heterocycles. The van der Waals surface area contributed by atoms with Crippen LogP contribution in [0.1, 0.15) is 37.2 Å². The van der Waals surface area contributed by atoms with Crippen LogP contribution in [-0.2, 0) is 11.3 Å². The lowest BCUT2D eigenvalue weighted by Gasteiger charge is -2.20. The maximum absolute atomic E-state index is 13.2. The highest BCUT2D eigenvalue weighted by molar-refractivity contribution is 6.02. The molecule has 2 atom stereocenters. The van der Waals surface area contributed by atoms with Crippen molar-refractivity contribution in [2.45, 2.75) is 39.3 Å². The second kappa shape index (κ2) is 10.5. The zero-order chi connectivity index (χ0) is 25.8. The number of rotatable bonds is 10. The Hall–Kier alpha value is -4.32. The van der Waals surface area contributed by atoms with E-state index in [-0.39, 0.29) is 36.3 Å². The summed E-state index contributed by atoms with van der Waals surface area (Å²) in [5.74, 6) is -0.390. The van der Waals surface area contributed by atoms with Crippen LogP contribution in [0.2, 0.25) is 0 Å². The maximum atomic E-state index is 13.2. The number of benzene rings is 2. The molecule has 0 fully saturated rings. The third-order valence-corrected chi connectivity index (χ3v) is 6.22. The fraction of sp³-hybridized carbons (Fsp3) is 0.333. The minimum atomic E-state index is -0.934. The molecular formula is C27H29N5O4. The smallest absolute Gasteiger partial charge is 0.326 e. The lowest BCUT2D eigenvalue weighted by molar-refractivity contribution is -0.125. The molecule has 2 heterocycles. The van der Waals surface area contributed by atoms with Gasteiger partial charge in [0.25, 0.3) is 0 Å². The summed E-state index contributed by atoms with van der Waals surface area (Å²) < 4.78 is 6.81. The molecule has 0 spiro atoms. The number of carbonyl (C=O) groups excluding carboxylic acids is 2. The van der Waals surface area contributed by atoms with E-state index in [0.29, 0.717) is 28.9 Å². The van der Waals surface area contributed by atoms with E-state index < -0.39 is 12.0 Å². The number of nitriles is 1. The molecule has 2 aromatic carbocycles. The minimum absolute atomic E-state index is 0.00472. The molecule has 1 amide bonds. The molecule has 0 aliphatic rings. The van der Waals surface area contributed by atoms with E-state index in [2.05, 4.69) is 21.4 Å². The summed E-state index contributed by atoms with van der Waals surface area (Å²) in [6.07, 6.45) is 0.469. The van der Waals surface area contributed by atoms with Crippen molar-refractivity contribution in [3.05, 3.63) is 64.7 Å². The highest BCUT2D eigenvalue weighted by Crippen LogP contribution is 2.27. The van der Waals surface area contributed by atoms with Crippen LogP contribution in [0.25, 0.3) is 21.9 Å². The number of H-pyrrole nitrogens is 2. The maximum Gasteiger partial charge on any atom is 0.326 e. The number of ether oxygens (including phenoxy) is 1. The monoisotopic (exact) mass is 487 g/mol. The number of Topliss-reactive ketones (excluding diaryl/α,β-unsaturated/α-hetero) is 1. The van der Waals surface area contributed by atoms with Gasteiger partial charge >= 0.3 is 5.69 Å².